The van der Waals surface area contributed by atoms with Gasteiger partial charge in [0.25, 0.3) is 0 Å². The number of aromatic nitrogens is 2. The molecule has 2 unspecified atom stereocenters. The Balaban J connectivity index is 1.34. The van der Waals surface area contributed by atoms with Crippen LogP contribution in [0.5, 0.6) is 5.75 Å². The molecule has 1 aliphatic heterocycles. The van der Waals surface area contributed by atoms with Gasteiger partial charge in [-0.2, -0.15) is 0 Å². The predicted molar refractivity (Wildman–Crippen MR) is 162 cm³/mol. The minimum absolute atomic E-state index is 0.0603. The number of ether oxygens (including phenoxy) is 2. The highest BCUT2D eigenvalue weighted by Gasteiger charge is 2.30. The van der Waals surface area contributed by atoms with Crippen LogP contribution >= 0.6 is 11.3 Å². The lowest BCUT2D eigenvalue weighted by molar-refractivity contribution is -0.143. The molecular weight excluding hydrogens is 553 g/mol. The van der Waals surface area contributed by atoms with Crippen LogP contribution in [0.4, 0.5) is 15.0 Å². The van der Waals surface area contributed by atoms with Gasteiger partial charge in [0.2, 0.25) is 0 Å². The molecule has 4 aromatic rings. The van der Waals surface area contributed by atoms with Crippen molar-refractivity contribution in [1.82, 2.24) is 9.97 Å². The van der Waals surface area contributed by atoms with Crippen molar-refractivity contribution in [2.75, 3.05) is 11.5 Å². The number of aryl methyl sites for hydroxylation is 1. The van der Waals surface area contributed by atoms with E-state index in [1.165, 1.54) is 17.4 Å². The summed E-state index contributed by atoms with van der Waals surface area (Å²) in [6, 6.07) is 17.3. The monoisotopic (exact) mass is 583 g/mol. The van der Waals surface area contributed by atoms with E-state index in [0.717, 1.165) is 5.56 Å². The van der Waals surface area contributed by atoms with Crippen molar-refractivity contribution in [2.24, 2.45) is 0 Å². The van der Waals surface area contributed by atoms with Crippen molar-refractivity contribution >= 4 is 41.4 Å². The molecular formula is C33H30FN3O4S. The van der Waals surface area contributed by atoms with Gasteiger partial charge in [0, 0.05) is 23.1 Å². The second kappa shape index (κ2) is 13.4. The van der Waals surface area contributed by atoms with Gasteiger partial charge in [-0.15, -0.1) is 11.3 Å². The smallest absolute Gasteiger partial charge is 0.421 e. The maximum Gasteiger partial charge on any atom is 0.421 e. The molecule has 2 aromatic carbocycles. The van der Waals surface area contributed by atoms with Crippen LogP contribution in [0.2, 0.25) is 0 Å². The zero-order chi connectivity index (χ0) is 29.5. The summed E-state index contributed by atoms with van der Waals surface area (Å²) >= 11 is 1.40. The second-order valence-electron chi connectivity index (χ2n) is 9.71. The van der Waals surface area contributed by atoms with Gasteiger partial charge in [-0.3, -0.25) is 9.69 Å². The number of para-hydroxylation sites is 1. The van der Waals surface area contributed by atoms with Crippen molar-refractivity contribution in [3.05, 3.63) is 118 Å². The first-order chi connectivity index (χ1) is 20.4. The Bertz CT molecular complexity index is 1620. The molecule has 0 fully saturated rings. The zero-order valence-corrected chi connectivity index (χ0v) is 24.1. The molecule has 9 heteroatoms. The molecule has 42 heavy (non-hydrogen) atoms. The number of carbonyl (C=O) groups is 2. The Morgan fingerprint density at radius 1 is 1.14 bits per heavy atom. The minimum atomic E-state index is -0.521. The molecule has 1 aliphatic rings. The molecule has 214 valence electrons. The molecule has 0 saturated heterocycles. The number of carbonyl (C=O) groups excluding carboxylic acids is 2. The number of pyridine rings is 1. The lowest BCUT2D eigenvalue weighted by Crippen LogP contribution is -2.43. The highest BCUT2D eigenvalue weighted by atomic mass is 32.1. The summed E-state index contributed by atoms with van der Waals surface area (Å²) in [4.78, 5) is 36.4. The molecule has 3 heterocycles. The molecule has 0 aliphatic carbocycles. The van der Waals surface area contributed by atoms with Gasteiger partial charge in [-0.1, -0.05) is 48.6 Å². The summed E-state index contributed by atoms with van der Waals surface area (Å²) in [5.74, 6) is -0.147. The first kappa shape index (κ1) is 28.9. The summed E-state index contributed by atoms with van der Waals surface area (Å²) in [5, 5.41) is 2.58. The molecule has 0 spiro atoms. The third kappa shape index (κ3) is 6.80. The molecule has 7 nitrogen and oxygen atoms in total. The number of fused-ring (bicyclic) bond motifs is 1. The number of hydrogen-bond acceptors (Lipinski definition) is 7. The number of esters is 1. The van der Waals surface area contributed by atoms with Crippen LogP contribution in [0.15, 0.2) is 84.4 Å². The average molecular weight is 584 g/mol. The average Bonchev–Trinajstić information content (AvgIpc) is 3.46. The van der Waals surface area contributed by atoms with E-state index in [1.807, 2.05) is 53.9 Å². The van der Waals surface area contributed by atoms with E-state index in [4.69, 9.17) is 14.5 Å². The number of benzene rings is 2. The maximum atomic E-state index is 14.4. The Morgan fingerprint density at radius 3 is 2.76 bits per heavy atom. The molecule has 2 aromatic heterocycles. The number of nitrogens with zero attached hydrogens (tertiary/aromatic N) is 3. The van der Waals surface area contributed by atoms with E-state index < -0.39 is 12.0 Å². The second-order valence-corrected chi connectivity index (χ2v) is 10.6. The number of thiazole rings is 1. The highest BCUT2D eigenvalue weighted by Crippen LogP contribution is 2.33. The van der Waals surface area contributed by atoms with E-state index in [0.29, 0.717) is 39.8 Å². The number of anilines is 1. The van der Waals surface area contributed by atoms with Crippen molar-refractivity contribution < 1.29 is 23.5 Å². The van der Waals surface area contributed by atoms with Crippen LogP contribution in [0.3, 0.4) is 0 Å². The summed E-state index contributed by atoms with van der Waals surface area (Å²) in [5.41, 5.74) is 2.73. The van der Waals surface area contributed by atoms with E-state index in [9.17, 15) is 14.0 Å². The van der Waals surface area contributed by atoms with Crippen molar-refractivity contribution in [3.8, 4) is 5.75 Å². The molecule has 5 rings (SSSR count). The summed E-state index contributed by atoms with van der Waals surface area (Å²) in [6.07, 6.45) is 9.40. The van der Waals surface area contributed by atoms with Gasteiger partial charge in [-0.05, 0) is 67.8 Å². The Labute approximate surface area is 248 Å². The van der Waals surface area contributed by atoms with Crippen LogP contribution in [0.25, 0.3) is 12.2 Å². The fourth-order valence-corrected chi connectivity index (χ4v) is 5.58. The van der Waals surface area contributed by atoms with Gasteiger partial charge in [0.1, 0.15) is 22.4 Å². The molecule has 0 radical (unpaired) electrons. The van der Waals surface area contributed by atoms with E-state index >= 15 is 0 Å². The fraction of sp³-hybridized carbons (Fsp3) is 0.212. The zero-order valence-electron chi connectivity index (χ0n) is 23.3. The fourth-order valence-electron chi connectivity index (χ4n) is 4.67. The molecule has 2 atom stereocenters. The Hall–Kier alpha value is -4.63. The van der Waals surface area contributed by atoms with E-state index in [-0.39, 0.29) is 30.9 Å². The van der Waals surface area contributed by atoms with Crippen LogP contribution < -0.4 is 9.64 Å². The normalized spacial score (nSPS) is 14.9. The van der Waals surface area contributed by atoms with Crippen LogP contribution in [0, 0.1) is 12.7 Å². The van der Waals surface area contributed by atoms with Gasteiger partial charge >= 0.3 is 12.1 Å². The van der Waals surface area contributed by atoms with E-state index in [2.05, 4.69) is 4.98 Å². The van der Waals surface area contributed by atoms with Gasteiger partial charge in [-0.25, -0.2) is 19.2 Å². The van der Waals surface area contributed by atoms with E-state index in [1.54, 1.807) is 55.3 Å². The highest BCUT2D eigenvalue weighted by molar-refractivity contribution is 7.09. The Kier molecular flexibility index (Phi) is 9.18. The molecule has 0 N–H and O–H groups in total. The minimum Gasteiger partial charge on any atom is -0.466 e. The third-order valence-corrected chi connectivity index (χ3v) is 7.77. The van der Waals surface area contributed by atoms with Gasteiger partial charge < -0.3 is 9.47 Å². The topological polar surface area (TPSA) is 81.6 Å². The largest absolute Gasteiger partial charge is 0.466 e. The maximum absolute atomic E-state index is 14.4. The molecule has 0 saturated carbocycles. The van der Waals surface area contributed by atoms with Crippen molar-refractivity contribution in [1.29, 1.82) is 0 Å². The van der Waals surface area contributed by atoms with Crippen LogP contribution in [-0.4, -0.2) is 34.7 Å². The first-order valence-electron chi connectivity index (χ1n) is 13.7. The number of halogens is 1. The Morgan fingerprint density at radius 2 is 1.98 bits per heavy atom. The predicted octanol–water partition coefficient (Wildman–Crippen LogP) is 7.58. The lowest BCUT2D eigenvalue weighted by atomic mass is 9.95. The number of hydrogen-bond donors (Lipinski definition) is 0. The molecule has 0 bridgehead atoms. The standard InChI is InChI=1S/C33H30FN3O4S/c1-3-40-30(38)20-28(24-15-14-22(2)29(34)19-24)32-36-25(21-42-32)10-7-11-26-17-16-23-9-8-18-35-31(23)37(26)33(39)41-27-12-5-4-6-13-27/h4-10,12-19,21,26,28H,3,11,20H2,1-2H3/b10-7+. The van der Waals surface area contributed by atoms with Crippen LogP contribution in [-0.2, 0) is 9.53 Å². The SMILES string of the molecule is CCOC(=O)CC(c1ccc(C)c(F)c1)c1nc(/C=C/CC2C=Cc3cccnc3N2C(=O)Oc2ccccc2)cs1. The first-order valence-corrected chi connectivity index (χ1v) is 14.5. The quantitative estimate of drug-likeness (QED) is 0.189. The summed E-state index contributed by atoms with van der Waals surface area (Å²) in [7, 11) is 0. The third-order valence-electron chi connectivity index (χ3n) is 6.80. The number of rotatable bonds is 9. The van der Waals surface area contributed by atoms with Gasteiger partial charge in [0.15, 0.2) is 0 Å². The van der Waals surface area contributed by atoms with Gasteiger partial charge in [0.05, 0.1) is 24.8 Å². The number of amides is 1. The summed E-state index contributed by atoms with van der Waals surface area (Å²) < 4.78 is 25.2. The van der Waals surface area contributed by atoms with Crippen LogP contribution in [0.1, 0.15) is 53.1 Å². The molecule has 1 amide bonds. The summed E-state index contributed by atoms with van der Waals surface area (Å²) in [6.45, 7) is 3.72. The van der Waals surface area contributed by atoms with Crippen molar-refractivity contribution in [3.63, 3.8) is 0 Å². The lowest BCUT2D eigenvalue weighted by Gasteiger charge is -2.31. The van der Waals surface area contributed by atoms with Crippen molar-refractivity contribution in [2.45, 2.75) is 38.6 Å².